The quantitative estimate of drug-likeness (QED) is 0.127. The number of fused-ring (bicyclic) bond motifs is 1. The molecule has 0 spiro atoms. The fourth-order valence-corrected chi connectivity index (χ4v) is 4.95. The third-order valence-corrected chi connectivity index (χ3v) is 6.99. The van der Waals surface area contributed by atoms with E-state index >= 15 is 0 Å². The van der Waals surface area contributed by atoms with E-state index in [-0.39, 0.29) is 17.9 Å². The SMILES string of the molecule is Cc1nc(NC(C)c2cc(N)cc(C(F)(F)F)c2)c2cc(-c3ccc(Cc4nccs4)c(O)c3)ccc2n1.O=CO. The number of nitrogens with zero attached hydrogens (tertiary/aromatic N) is 3. The number of aromatic hydroxyl groups is 1. The number of thiazole rings is 1. The zero-order valence-corrected chi connectivity index (χ0v) is 22.8. The van der Waals surface area contributed by atoms with Gasteiger partial charge in [0.1, 0.15) is 17.4 Å². The highest BCUT2D eigenvalue weighted by molar-refractivity contribution is 7.09. The van der Waals surface area contributed by atoms with Crippen LogP contribution in [0.1, 0.15) is 40.5 Å². The van der Waals surface area contributed by atoms with Crippen molar-refractivity contribution in [2.45, 2.75) is 32.5 Å². The molecule has 5 N–H and O–H groups in total. The van der Waals surface area contributed by atoms with Crippen molar-refractivity contribution in [2.24, 2.45) is 0 Å². The molecule has 3 aromatic carbocycles. The van der Waals surface area contributed by atoms with Crippen molar-refractivity contribution in [1.82, 2.24) is 15.0 Å². The standard InChI is InChI=1S/C28H24F3N5OS.CH2O2/c1-15(20-9-21(28(29,30)31)14-22(32)10-20)34-27-23-11-17(5-6-24(23)35-16(2)36-27)18-3-4-19(25(37)12-18)13-26-33-7-8-38-26;2-1-3/h3-12,14-15,37H,13,32H2,1-2H3,(H,34,35,36);1H,(H,2,3). The Morgan fingerprint density at radius 2 is 1.78 bits per heavy atom. The highest BCUT2D eigenvalue weighted by Gasteiger charge is 2.31. The summed E-state index contributed by atoms with van der Waals surface area (Å²) in [6, 6.07) is 14.2. The predicted molar refractivity (Wildman–Crippen MR) is 153 cm³/mol. The average Bonchev–Trinajstić information content (AvgIpc) is 3.42. The number of nitrogen functional groups attached to an aromatic ring is 1. The van der Waals surface area contributed by atoms with Gasteiger partial charge in [0.05, 0.1) is 22.1 Å². The van der Waals surface area contributed by atoms with Crippen LogP contribution in [0.5, 0.6) is 5.75 Å². The Balaban J connectivity index is 0.00000124. The molecule has 2 aromatic heterocycles. The number of nitrogens with one attached hydrogen (secondary N) is 1. The molecule has 0 saturated heterocycles. The first-order chi connectivity index (χ1) is 19.5. The van der Waals surface area contributed by atoms with Crippen LogP contribution in [0.4, 0.5) is 24.7 Å². The molecule has 8 nitrogen and oxygen atoms in total. The van der Waals surface area contributed by atoms with E-state index in [0.29, 0.717) is 34.5 Å². The first kappa shape index (κ1) is 29.3. The van der Waals surface area contributed by atoms with Crippen molar-refractivity contribution in [3.05, 3.63) is 93.7 Å². The number of phenols is 1. The van der Waals surface area contributed by atoms with E-state index in [2.05, 4.69) is 20.3 Å². The van der Waals surface area contributed by atoms with Gasteiger partial charge in [-0.2, -0.15) is 13.2 Å². The topological polar surface area (TPSA) is 134 Å². The molecule has 2 heterocycles. The van der Waals surface area contributed by atoms with E-state index < -0.39 is 17.8 Å². The monoisotopic (exact) mass is 581 g/mol. The number of aryl methyl sites for hydroxylation is 1. The highest BCUT2D eigenvalue weighted by Crippen LogP contribution is 2.35. The molecule has 12 heteroatoms. The summed E-state index contributed by atoms with van der Waals surface area (Å²) in [5, 5.41) is 24.3. The Morgan fingerprint density at radius 1 is 1.07 bits per heavy atom. The van der Waals surface area contributed by atoms with Crippen LogP contribution >= 0.6 is 11.3 Å². The Kier molecular flexibility index (Phi) is 8.72. The summed E-state index contributed by atoms with van der Waals surface area (Å²) in [5.74, 6) is 1.18. The van der Waals surface area contributed by atoms with Gasteiger partial charge >= 0.3 is 6.18 Å². The van der Waals surface area contributed by atoms with Crippen LogP contribution in [0.3, 0.4) is 0 Å². The first-order valence-electron chi connectivity index (χ1n) is 12.3. The number of carboxylic acid groups (broad SMARTS) is 1. The van der Waals surface area contributed by atoms with Crippen LogP contribution in [0.25, 0.3) is 22.0 Å². The highest BCUT2D eigenvalue weighted by atomic mass is 32.1. The molecule has 0 saturated carbocycles. The van der Waals surface area contributed by atoms with Crippen LogP contribution in [0.15, 0.2) is 66.2 Å². The van der Waals surface area contributed by atoms with Crippen LogP contribution < -0.4 is 11.1 Å². The lowest BCUT2D eigenvalue weighted by Gasteiger charge is -2.19. The zero-order chi connectivity index (χ0) is 29.7. The number of alkyl halides is 3. The molecule has 41 heavy (non-hydrogen) atoms. The molecule has 1 atom stereocenters. The van der Waals surface area contributed by atoms with Gasteiger partial charge in [-0.1, -0.05) is 18.2 Å². The number of benzene rings is 3. The average molecular weight is 582 g/mol. The van der Waals surface area contributed by atoms with Gasteiger partial charge in [-0.3, -0.25) is 4.79 Å². The molecule has 0 aliphatic rings. The van der Waals surface area contributed by atoms with Gasteiger partial charge in [0.15, 0.2) is 0 Å². The summed E-state index contributed by atoms with van der Waals surface area (Å²) in [5.41, 5.74) is 8.49. The van der Waals surface area contributed by atoms with E-state index in [4.69, 9.17) is 15.6 Å². The van der Waals surface area contributed by atoms with E-state index in [9.17, 15) is 18.3 Å². The predicted octanol–water partition coefficient (Wildman–Crippen LogP) is 6.83. The Labute approximate surface area is 237 Å². The summed E-state index contributed by atoms with van der Waals surface area (Å²) < 4.78 is 40.0. The number of nitrogens with two attached hydrogens (primary N) is 1. The maximum Gasteiger partial charge on any atom is 0.416 e. The normalized spacial score (nSPS) is 11.9. The molecule has 0 radical (unpaired) electrons. The van der Waals surface area contributed by atoms with Gasteiger partial charge in [-0.25, -0.2) is 15.0 Å². The van der Waals surface area contributed by atoms with E-state index in [0.717, 1.165) is 33.8 Å². The van der Waals surface area contributed by atoms with Crippen LogP contribution in [-0.2, 0) is 17.4 Å². The lowest BCUT2D eigenvalue weighted by molar-refractivity contribution is -0.137. The Morgan fingerprint density at radius 3 is 2.44 bits per heavy atom. The fourth-order valence-electron chi connectivity index (χ4n) is 4.31. The number of phenolic OH excluding ortho intramolecular Hbond substituents is 1. The van der Waals surface area contributed by atoms with Gasteiger partial charge in [0.2, 0.25) is 0 Å². The summed E-state index contributed by atoms with van der Waals surface area (Å²) >= 11 is 1.53. The molecule has 0 bridgehead atoms. The fraction of sp³-hybridized carbons (Fsp3) is 0.172. The van der Waals surface area contributed by atoms with Crippen LogP contribution in [0.2, 0.25) is 0 Å². The van der Waals surface area contributed by atoms with E-state index in [1.807, 2.05) is 35.7 Å². The molecule has 0 amide bonds. The van der Waals surface area contributed by atoms with Crippen molar-refractivity contribution in [2.75, 3.05) is 11.1 Å². The van der Waals surface area contributed by atoms with Crippen molar-refractivity contribution < 1.29 is 28.2 Å². The molecule has 212 valence electrons. The van der Waals surface area contributed by atoms with Crippen molar-refractivity contribution >= 4 is 40.2 Å². The first-order valence-corrected chi connectivity index (χ1v) is 13.2. The van der Waals surface area contributed by atoms with Crippen LogP contribution in [-0.4, -0.2) is 31.6 Å². The van der Waals surface area contributed by atoms with Gasteiger partial charge < -0.3 is 21.3 Å². The maximum atomic E-state index is 13.3. The van der Waals surface area contributed by atoms with E-state index in [1.54, 1.807) is 26.1 Å². The molecular formula is C29H26F3N5O3S. The number of anilines is 2. The third kappa shape index (κ3) is 7.09. The summed E-state index contributed by atoms with van der Waals surface area (Å²) in [6.07, 6.45) is -2.22. The number of rotatable bonds is 6. The minimum atomic E-state index is -4.50. The number of hydrogen-bond acceptors (Lipinski definition) is 8. The summed E-state index contributed by atoms with van der Waals surface area (Å²) in [7, 11) is 0. The van der Waals surface area contributed by atoms with E-state index in [1.165, 1.54) is 17.4 Å². The minimum Gasteiger partial charge on any atom is -0.508 e. The maximum absolute atomic E-state index is 13.3. The van der Waals surface area contributed by atoms with Crippen molar-refractivity contribution in [3.63, 3.8) is 0 Å². The second-order valence-corrected chi connectivity index (χ2v) is 10.1. The Hall–Kier alpha value is -4.71. The molecule has 0 aliphatic heterocycles. The van der Waals surface area contributed by atoms with Crippen molar-refractivity contribution in [1.29, 1.82) is 0 Å². The number of carbonyl (C=O) groups is 1. The lowest BCUT2D eigenvalue weighted by Crippen LogP contribution is -2.12. The largest absolute Gasteiger partial charge is 0.508 e. The Bertz CT molecular complexity index is 1680. The van der Waals surface area contributed by atoms with Gasteiger partial charge in [-0.15, -0.1) is 11.3 Å². The second-order valence-electron chi connectivity index (χ2n) is 9.16. The molecule has 5 aromatic rings. The minimum absolute atomic E-state index is 0.0348. The smallest absolute Gasteiger partial charge is 0.416 e. The zero-order valence-electron chi connectivity index (χ0n) is 22.0. The number of aromatic nitrogens is 3. The van der Waals surface area contributed by atoms with Crippen molar-refractivity contribution in [3.8, 4) is 16.9 Å². The van der Waals surface area contributed by atoms with Gasteiger partial charge in [0.25, 0.3) is 6.47 Å². The second kappa shape index (κ2) is 12.2. The lowest BCUT2D eigenvalue weighted by atomic mass is 10.00. The van der Waals surface area contributed by atoms with Gasteiger partial charge in [0, 0.05) is 34.6 Å². The number of halogens is 3. The molecule has 0 aliphatic carbocycles. The molecule has 5 rings (SSSR count). The number of hydrogen-bond donors (Lipinski definition) is 4. The van der Waals surface area contributed by atoms with Crippen LogP contribution in [0, 0.1) is 6.92 Å². The molecular weight excluding hydrogens is 555 g/mol. The third-order valence-electron chi connectivity index (χ3n) is 6.21. The molecule has 0 fully saturated rings. The summed E-state index contributed by atoms with van der Waals surface area (Å²) in [6.45, 7) is 3.26. The molecule has 1 unspecified atom stereocenters. The summed E-state index contributed by atoms with van der Waals surface area (Å²) in [4.78, 5) is 21.7. The van der Waals surface area contributed by atoms with Gasteiger partial charge in [-0.05, 0) is 66.9 Å².